The molecule has 0 aromatic carbocycles. The number of H-pyrrole nitrogens is 1. The molecular weight excluding hydrogens is 214 g/mol. The second-order valence-electron chi connectivity index (χ2n) is 4.85. The van der Waals surface area contributed by atoms with Crippen LogP contribution in [0.1, 0.15) is 24.4 Å². The van der Waals surface area contributed by atoms with Crippen molar-refractivity contribution in [3.63, 3.8) is 0 Å². The molecule has 0 amide bonds. The fourth-order valence-corrected chi connectivity index (χ4v) is 2.35. The molecule has 4 heteroatoms. The van der Waals surface area contributed by atoms with Crippen molar-refractivity contribution in [3.05, 3.63) is 29.9 Å². The molecule has 1 aliphatic carbocycles. The highest BCUT2D eigenvalue weighted by Crippen LogP contribution is 2.46. The van der Waals surface area contributed by atoms with Crippen LogP contribution in [0.5, 0.6) is 0 Å². The highest BCUT2D eigenvalue weighted by molar-refractivity contribution is 5.55. The van der Waals surface area contributed by atoms with Crippen LogP contribution >= 0.6 is 0 Å². The van der Waals surface area contributed by atoms with Crippen LogP contribution in [0.15, 0.2) is 22.8 Å². The molecule has 0 bridgehead atoms. The highest BCUT2D eigenvalue weighted by Gasteiger charge is 2.46. The van der Waals surface area contributed by atoms with Crippen LogP contribution < -0.4 is 5.32 Å². The first kappa shape index (κ1) is 10.6. The average Bonchev–Trinajstić information content (AvgIpc) is 2.78. The topological polar surface area (TPSA) is 53.9 Å². The van der Waals surface area contributed by atoms with E-state index in [4.69, 9.17) is 9.40 Å². The average molecular weight is 231 g/mol. The Kier molecular flexibility index (Phi) is 2.33. The van der Waals surface area contributed by atoms with Crippen LogP contribution in [0.3, 0.4) is 0 Å². The quantitative estimate of drug-likeness (QED) is 0.848. The second kappa shape index (κ2) is 3.74. The molecule has 4 nitrogen and oxygen atoms in total. The highest BCUT2D eigenvalue weighted by atomic mass is 16.3. The molecule has 2 N–H and O–H groups in total. The predicted molar refractivity (Wildman–Crippen MR) is 65.9 cm³/mol. The zero-order chi connectivity index (χ0) is 11.9. The van der Waals surface area contributed by atoms with E-state index in [0.717, 1.165) is 29.5 Å². The predicted octanol–water partition coefficient (Wildman–Crippen LogP) is 2.23. The molecule has 1 saturated carbocycles. The summed E-state index contributed by atoms with van der Waals surface area (Å²) in [6.45, 7) is 3.03. The lowest BCUT2D eigenvalue weighted by Gasteiger charge is -2.10. The van der Waals surface area contributed by atoms with Crippen LogP contribution in [0, 0.1) is 6.92 Å². The Morgan fingerprint density at radius 1 is 1.53 bits per heavy atom. The van der Waals surface area contributed by atoms with E-state index in [1.807, 2.05) is 26.1 Å². The zero-order valence-corrected chi connectivity index (χ0v) is 10.2. The van der Waals surface area contributed by atoms with Crippen molar-refractivity contribution >= 4 is 0 Å². The van der Waals surface area contributed by atoms with Crippen LogP contribution in [0.2, 0.25) is 0 Å². The molecule has 2 heterocycles. The molecule has 0 unspecified atom stereocenters. The van der Waals surface area contributed by atoms with Crippen LogP contribution in [0.25, 0.3) is 11.5 Å². The smallest absolute Gasteiger partial charge is 0.154 e. The minimum Gasteiger partial charge on any atom is -0.463 e. The molecule has 17 heavy (non-hydrogen) atoms. The number of aromatic nitrogens is 2. The summed E-state index contributed by atoms with van der Waals surface area (Å²) in [5.41, 5.74) is 2.24. The Balaban J connectivity index is 1.97. The van der Waals surface area contributed by atoms with Gasteiger partial charge in [-0.05, 0) is 38.9 Å². The van der Waals surface area contributed by atoms with Crippen LogP contribution in [-0.2, 0) is 5.41 Å². The first-order chi connectivity index (χ1) is 8.25. The van der Waals surface area contributed by atoms with Crippen molar-refractivity contribution in [3.8, 4) is 11.5 Å². The summed E-state index contributed by atoms with van der Waals surface area (Å²) in [7, 11) is 1.99. The van der Waals surface area contributed by atoms with Gasteiger partial charge in [-0.3, -0.25) is 0 Å². The third kappa shape index (κ3) is 1.69. The summed E-state index contributed by atoms with van der Waals surface area (Å²) in [5.74, 6) is 1.93. The van der Waals surface area contributed by atoms with Gasteiger partial charge < -0.3 is 14.7 Å². The van der Waals surface area contributed by atoms with Gasteiger partial charge in [0.25, 0.3) is 0 Å². The van der Waals surface area contributed by atoms with Gasteiger partial charge in [-0.2, -0.15) is 0 Å². The lowest BCUT2D eigenvalue weighted by atomic mass is 10.1. The maximum Gasteiger partial charge on any atom is 0.154 e. The normalized spacial score (nSPS) is 17.3. The van der Waals surface area contributed by atoms with E-state index >= 15 is 0 Å². The Hall–Kier alpha value is -1.55. The number of furan rings is 1. The van der Waals surface area contributed by atoms with Crippen molar-refractivity contribution in [2.24, 2.45) is 0 Å². The van der Waals surface area contributed by atoms with Gasteiger partial charge in [0.2, 0.25) is 0 Å². The lowest BCUT2D eigenvalue weighted by Crippen LogP contribution is -2.24. The van der Waals surface area contributed by atoms with Gasteiger partial charge in [-0.15, -0.1) is 0 Å². The maximum absolute atomic E-state index is 5.41. The standard InChI is InChI=1S/C13H17N3O/c1-9-11(10-4-3-7-17-10)16-12(15-9)13(5-6-13)8-14-2/h3-4,7,14H,5-6,8H2,1-2H3,(H,15,16). The summed E-state index contributed by atoms with van der Waals surface area (Å²) >= 11 is 0. The van der Waals surface area contributed by atoms with Gasteiger partial charge in [0, 0.05) is 17.7 Å². The summed E-state index contributed by atoms with van der Waals surface area (Å²) < 4.78 is 5.41. The van der Waals surface area contributed by atoms with Gasteiger partial charge in [-0.25, -0.2) is 4.98 Å². The van der Waals surface area contributed by atoms with Gasteiger partial charge in [-0.1, -0.05) is 0 Å². The third-order valence-electron chi connectivity index (χ3n) is 3.51. The fourth-order valence-electron chi connectivity index (χ4n) is 2.35. The number of rotatable bonds is 4. The van der Waals surface area contributed by atoms with E-state index in [1.165, 1.54) is 12.8 Å². The maximum atomic E-state index is 5.41. The number of aryl methyl sites for hydroxylation is 1. The lowest BCUT2D eigenvalue weighted by molar-refractivity contribution is 0.577. The van der Waals surface area contributed by atoms with Gasteiger partial charge >= 0.3 is 0 Å². The van der Waals surface area contributed by atoms with E-state index in [2.05, 4.69) is 10.3 Å². The van der Waals surface area contributed by atoms with Crippen LogP contribution in [0.4, 0.5) is 0 Å². The summed E-state index contributed by atoms with van der Waals surface area (Å²) in [6.07, 6.45) is 4.10. The Labute approximate surface area is 100 Å². The number of imidazole rings is 1. The Morgan fingerprint density at radius 3 is 2.94 bits per heavy atom. The molecule has 2 aromatic rings. The molecule has 0 atom stereocenters. The van der Waals surface area contributed by atoms with Crippen LogP contribution in [-0.4, -0.2) is 23.6 Å². The fraction of sp³-hybridized carbons (Fsp3) is 0.462. The SMILES string of the molecule is CNCC1(c2nc(-c3ccco3)c(C)[nH]2)CC1. The molecule has 0 radical (unpaired) electrons. The number of hydrogen-bond donors (Lipinski definition) is 2. The molecule has 0 saturated heterocycles. The summed E-state index contributed by atoms with van der Waals surface area (Å²) in [5, 5.41) is 3.25. The van der Waals surface area contributed by atoms with E-state index < -0.39 is 0 Å². The Bertz CT molecular complexity index is 509. The van der Waals surface area contributed by atoms with Gasteiger partial charge in [0.05, 0.1) is 6.26 Å². The van der Waals surface area contributed by atoms with E-state index in [9.17, 15) is 0 Å². The second-order valence-corrected chi connectivity index (χ2v) is 4.85. The molecule has 1 fully saturated rings. The minimum atomic E-state index is 0.227. The zero-order valence-electron chi connectivity index (χ0n) is 10.2. The third-order valence-corrected chi connectivity index (χ3v) is 3.51. The minimum absolute atomic E-state index is 0.227. The summed E-state index contributed by atoms with van der Waals surface area (Å²) in [4.78, 5) is 8.13. The molecule has 3 rings (SSSR count). The van der Waals surface area contributed by atoms with Crippen molar-refractivity contribution in [1.82, 2.24) is 15.3 Å². The molecule has 2 aromatic heterocycles. The molecular formula is C13H17N3O. The number of nitrogens with zero attached hydrogens (tertiary/aromatic N) is 1. The van der Waals surface area contributed by atoms with E-state index in [0.29, 0.717) is 0 Å². The molecule has 90 valence electrons. The van der Waals surface area contributed by atoms with Crippen molar-refractivity contribution < 1.29 is 4.42 Å². The molecule has 1 aliphatic rings. The van der Waals surface area contributed by atoms with Crippen molar-refractivity contribution in [2.45, 2.75) is 25.2 Å². The van der Waals surface area contributed by atoms with Gasteiger partial charge in [0.15, 0.2) is 5.76 Å². The summed E-state index contributed by atoms with van der Waals surface area (Å²) in [6, 6.07) is 3.84. The molecule has 0 spiro atoms. The number of hydrogen-bond acceptors (Lipinski definition) is 3. The molecule has 0 aliphatic heterocycles. The first-order valence-corrected chi connectivity index (χ1v) is 6.01. The van der Waals surface area contributed by atoms with Crippen molar-refractivity contribution in [1.29, 1.82) is 0 Å². The van der Waals surface area contributed by atoms with E-state index in [-0.39, 0.29) is 5.41 Å². The number of aromatic amines is 1. The monoisotopic (exact) mass is 231 g/mol. The number of nitrogens with one attached hydrogen (secondary N) is 2. The first-order valence-electron chi connectivity index (χ1n) is 6.01. The largest absolute Gasteiger partial charge is 0.463 e. The van der Waals surface area contributed by atoms with Gasteiger partial charge in [0.1, 0.15) is 11.5 Å². The number of likely N-dealkylation sites (N-methyl/N-ethyl adjacent to an activating group) is 1. The Morgan fingerprint density at radius 2 is 2.35 bits per heavy atom. The van der Waals surface area contributed by atoms with Crippen molar-refractivity contribution in [2.75, 3.05) is 13.6 Å². The van der Waals surface area contributed by atoms with E-state index in [1.54, 1.807) is 6.26 Å².